The van der Waals surface area contributed by atoms with Gasteiger partial charge in [-0.15, -0.1) is 0 Å². The summed E-state index contributed by atoms with van der Waals surface area (Å²) in [6.07, 6.45) is 4.13. The highest BCUT2D eigenvalue weighted by atomic mass is 35.5. The van der Waals surface area contributed by atoms with Gasteiger partial charge in [0.15, 0.2) is 11.6 Å². The zero-order chi connectivity index (χ0) is 35.4. The van der Waals surface area contributed by atoms with Crippen molar-refractivity contribution in [3.63, 3.8) is 0 Å². The average Bonchev–Trinajstić information content (AvgIpc) is 3.42. The van der Waals surface area contributed by atoms with E-state index in [1.54, 1.807) is 18.2 Å². The average molecular weight is 698 g/mol. The summed E-state index contributed by atoms with van der Waals surface area (Å²) in [7, 11) is 0. The molecule has 1 heterocycles. The number of carbonyl (C=O) groups excluding carboxylic acids is 4. The molecule has 1 aliphatic heterocycles. The Morgan fingerprint density at radius 3 is 2.25 bits per heavy atom. The number of ketones is 2. The molecule has 1 saturated heterocycles. The maximum atomic E-state index is 15.1. The summed E-state index contributed by atoms with van der Waals surface area (Å²) in [5.41, 5.74) is 3.39. The number of benzene rings is 4. The Kier molecular flexibility index (Phi) is 8.36. The molecule has 0 bridgehead atoms. The Morgan fingerprint density at radius 2 is 1.57 bits per heavy atom. The van der Waals surface area contributed by atoms with Crippen LogP contribution >= 0.6 is 11.6 Å². The first-order valence-corrected chi connectivity index (χ1v) is 17.7. The van der Waals surface area contributed by atoms with Crippen molar-refractivity contribution in [2.45, 2.75) is 31.1 Å². The van der Waals surface area contributed by atoms with Crippen LogP contribution in [-0.4, -0.2) is 41.7 Å². The summed E-state index contributed by atoms with van der Waals surface area (Å²) in [5, 5.41) is 9.79. The van der Waals surface area contributed by atoms with Crippen LogP contribution < -0.4 is 9.64 Å². The highest BCUT2D eigenvalue weighted by Crippen LogP contribution is 2.63. The zero-order valence-corrected chi connectivity index (χ0v) is 28.8. The van der Waals surface area contributed by atoms with Gasteiger partial charge in [0.05, 0.1) is 29.5 Å². The molecule has 1 saturated carbocycles. The van der Waals surface area contributed by atoms with Gasteiger partial charge in [-0.05, 0) is 78.3 Å². The molecule has 4 aromatic rings. The summed E-state index contributed by atoms with van der Waals surface area (Å²) in [6, 6.07) is 31.4. The summed E-state index contributed by atoms with van der Waals surface area (Å²) in [6.45, 7) is 1.86. The van der Waals surface area contributed by atoms with Crippen molar-refractivity contribution in [3.8, 4) is 5.75 Å². The molecule has 6 atom stereocenters. The number of halogens is 1. The SMILES string of the molecule is Cc1ccc(N2C(=O)[C@H]3[C@H](CC=C4[C@H]3C[C@H]3C(=O)C(c5ccccc5)=CC(=O)[C@@]3(c3ccccc3)[C@H]4c3ccc(OCCO)cc3)C2=O)cc1Cl. The van der Waals surface area contributed by atoms with Gasteiger partial charge < -0.3 is 9.84 Å². The van der Waals surface area contributed by atoms with Crippen molar-refractivity contribution in [2.75, 3.05) is 18.1 Å². The van der Waals surface area contributed by atoms with Gasteiger partial charge >= 0.3 is 0 Å². The number of carbonyl (C=O) groups is 4. The molecule has 7 nitrogen and oxygen atoms in total. The molecule has 0 spiro atoms. The molecule has 8 heteroatoms. The molecule has 2 amide bonds. The number of aryl methyl sites for hydroxylation is 1. The third kappa shape index (κ3) is 5.13. The second kappa shape index (κ2) is 12.9. The van der Waals surface area contributed by atoms with Crippen molar-refractivity contribution < 1.29 is 29.0 Å². The van der Waals surface area contributed by atoms with Gasteiger partial charge in [0.1, 0.15) is 12.4 Å². The van der Waals surface area contributed by atoms with Crippen LogP contribution in [-0.2, 0) is 24.6 Å². The fraction of sp³-hybridized carbons (Fsp3) is 0.256. The fourth-order valence-corrected chi connectivity index (χ4v) is 9.32. The number of amides is 2. The smallest absolute Gasteiger partial charge is 0.238 e. The number of fused-ring (bicyclic) bond motifs is 4. The van der Waals surface area contributed by atoms with Crippen molar-refractivity contribution >= 4 is 46.2 Å². The molecule has 1 N–H and O–H groups in total. The quantitative estimate of drug-likeness (QED) is 0.164. The summed E-state index contributed by atoms with van der Waals surface area (Å²) >= 11 is 6.47. The van der Waals surface area contributed by atoms with Crippen molar-refractivity contribution in [3.05, 3.63) is 148 Å². The number of rotatable bonds is 7. The molecular weight excluding hydrogens is 662 g/mol. The zero-order valence-electron chi connectivity index (χ0n) is 28.0. The van der Waals surface area contributed by atoms with Crippen molar-refractivity contribution in [1.29, 1.82) is 0 Å². The molecule has 2 fully saturated rings. The van der Waals surface area contributed by atoms with Gasteiger partial charge in [0.2, 0.25) is 11.8 Å². The first-order chi connectivity index (χ1) is 24.7. The molecule has 0 aromatic heterocycles. The van der Waals surface area contributed by atoms with E-state index in [1.165, 1.54) is 11.0 Å². The van der Waals surface area contributed by atoms with E-state index in [1.807, 2.05) is 91.9 Å². The first-order valence-electron chi connectivity index (χ1n) is 17.3. The number of aliphatic hydroxyl groups is 1. The van der Waals surface area contributed by atoms with Gasteiger partial charge in [-0.2, -0.15) is 0 Å². The van der Waals surface area contributed by atoms with Crippen LogP contribution in [0.25, 0.3) is 5.57 Å². The lowest BCUT2D eigenvalue weighted by Gasteiger charge is -2.55. The Hall–Kier alpha value is -5.11. The lowest BCUT2D eigenvalue weighted by Crippen LogP contribution is -2.58. The van der Waals surface area contributed by atoms with Gasteiger partial charge in [-0.25, -0.2) is 4.90 Å². The standard InChI is InChI=1S/C43H36ClNO6/c1-25-12-15-29(22-36(25)44)45-41(49)32-19-18-31-34(38(32)42(45)50)23-35-40(48)33(26-8-4-2-5-9-26)24-37(47)43(35,28-10-6-3-7-11-28)39(31)27-13-16-30(17-14-27)51-21-20-46/h2-18,22,24,32,34-35,38-39,46H,19-21,23H2,1H3/t32-,34+,35-,38-,39-,43-/m0/s1. The van der Waals surface area contributed by atoms with Gasteiger partial charge in [0.25, 0.3) is 0 Å². The molecule has 8 rings (SSSR count). The maximum absolute atomic E-state index is 15.1. The lowest BCUT2D eigenvalue weighted by atomic mass is 9.44. The van der Waals surface area contributed by atoms with Crippen LogP contribution in [0.4, 0.5) is 5.69 Å². The normalized spacial score (nSPS) is 27.0. The third-order valence-electron chi connectivity index (χ3n) is 11.4. The summed E-state index contributed by atoms with van der Waals surface area (Å²) < 4.78 is 5.68. The summed E-state index contributed by atoms with van der Waals surface area (Å²) in [5.74, 6) is -3.60. The van der Waals surface area contributed by atoms with E-state index < -0.39 is 35.0 Å². The molecule has 0 unspecified atom stereocenters. The predicted octanol–water partition coefficient (Wildman–Crippen LogP) is 7.05. The number of allylic oxidation sites excluding steroid dienone is 4. The van der Waals surface area contributed by atoms with Crippen LogP contribution in [0.3, 0.4) is 0 Å². The van der Waals surface area contributed by atoms with Crippen LogP contribution in [0.1, 0.15) is 41.0 Å². The van der Waals surface area contributed by atoms with E-state index in [-0.39, 0.29) is 43.0 Å². The highest BCUT2D eigenvalue weighted by molar-refractivity contribution is 6.33. The Bertz CT molecular complexity index is 2120. The van der Waals surface area contributed by atoms with Gasteiger partial charge in [-0.1, -0.05) is 102 Å². The Balaban J connectivity index is 1.33. The maximum Gasteiger partial charge on any atom is 0.238 e. The number of Topliss-reactive ketones (excluding diaryl/α,β-unsaturated/α-hetero) is 1. The van der Waals surface area contributed by atoms with E-state index in [4.69, 9.17) is 16.3 Å². The minimum Gasteiger partial charge on any atom is -0.491 e. The number of hydrogen-bond acceptors (Lipinski definition) is 6. The van der Waals surface area contributed by atoms with Gasteiger partial charge in [-0.3, -0.25) is 19.2 Å². The van der Waals surface area contributed by atoms with E-state index in [0.717, 1.165) is 22.3 Å². The molecule has 256 valence electrons. The van der Waals surface area contributed by atoms with Crippen LogP contribution in [0.5, 0.6) is 5.75 Å². The number of hydrogen-bond donors (Lipinski definition) is 1. The topological polar surface area (TPSA) is 101 Å². The first kappa shape index (κ1) is 33.1. The predicted molar refractivity (Wildman–Crippen MR) is 194 cm³/mol. The van der Waals surface area contributed by atoms with E-state index in [2.05, 4.69) is 6.08 Å². The molecule has 0 radical (unpaired) electrons. The second-order valence-corrected chi connectivity index (χ2v) is 14.3. The molecule has 3 aliphatic carbocycles. The van der Waals surface area contributed by atoms with E-state index >= 15 is 9.59 Å². The highest BCUT2D eigenvalue weighted by Gasteiger charge is 2.66. The minimum absolute atomic E-state index is 0.133. The van der Waals surface area contributed by atoms with Crippen molar-refractivity contribution in [1.82, 2.24) is 0 Å². The van der Waals surface area contributed by atoms with Crippen molar-refractivity contribution in [2.24, 2.45) is 23.7 Å². The lowest BCUT2D eigenvalue weighted by molar-refractivity contribution is -0.135. The molecule has 4 aromatic carbocycles. The van der Waals surface area contributed by atoms with Gasteiger partial charge in [0, 0.05) is 22.4 Å². The van der Waals surface area contributed by atoms with E-state index in [0.29, 0.717) is 34.0 Å². The fourth-order valence-electron chi connectivity index (χ4n) is 9.14. The van der Waals surface area contributed by atoms with Crippen LogP contribution in [0.2, 0.25) is 5.02 Å². The Labute approximate surface area is 301 Å². The minimum atomic E-state index is -1.31. The molecular formula is C43H36ClNO6. The number of ether oxygens (including phenoxy) is 1. The molecule has 4 aliphatic rings. The summed E-state index contributed by atoms with van der Waals surface area (Å²) in [4.78, 5) is 60.1. The third-order valence-corrected chi connectivity index (χ3v) is 11.8. The number of imide groups is 1. The van der Waals surface area contributed by atoms with Crippen LogP contribution in [0, 0.1) is 30.6 Å². The Morgan fingerprint density at radius 1 is 0.863 bits per heavy atom. The largest absolute Gasteiger partial charge is 0.491 e. The monoisotopic (exact) mass is 697 g/mol. The number of nitrogens with zero attached hydrogens (tertiary/aromatic N) is 1. The number of anilines is 1. The van der Waals surface area contributed by atoms with E-state index in [9.17, 15) is 14.7 Å². The number of aliphatic hydroxyl groups excluding tert-OH is 1. The second-order valence-electron chi connectivity index (χ2n) is 13.9. The van der Waals surface area contributed by atoms with Crippen LogP contribution in [0.15, 0.2) is 121 Å². The molecule has 51 heavy (non-hydrogen) atoms.